The molecule has 3 rings (SSSR count). The molecule has 12 nitrogen and oxygen atoms in total. The number of hydrogen-bond donors (Lipinski definition) is 2. The zero-order valence-corrected chi connectivity index (χ0v) is 16.5. The quantitative estimate of drug-likeness (QED) is 0.516. The van der Waals surface area contributed by atoms with Gasteiger partial charge >= 0.3 is 0 Å². The van der Waals surface area contributed by atoms with Gasteiger partial charge in [-0.3, -0.25) is 29.3 Å². The van der Waals surface area contributed by atoms with Crippen LogP contribution >= 0.6 is 0 Å². The average molecular weight is 429 g/mol. The Morgan fingerprint density at radius 3 is 2.55 bits per heavy atom. The van der Waals surface area contributed by atoms with Crippen LogP contribution in [-0.2, 0) is 9.59 Å². The summed E-state index contributed by atoms with van der Waals surface area (Å²) in [4.78, 5) is 59.2. The Hall–Kier alpha value is -4.22. The predicted molar refractivity (Wildman–Crippen MR) is 106 cm³/mol. The first-order valence-electron chi connectivity index (χ1n) is 9.28. The van der Waals surface area contributed by atoms with Gasteiger partial charge in [0, 0.05) is 31.6 Å². The Kier molecular flexibility index (Phi) is 6.29. The van der Waals surface area contributed by atoms with Gasteiger partial charge in [0.1, 0.15) is 5.69 Å². The molecule has 1 saturated heterocycles. The number of nitrogens with one attached hydrogen (secondary N) is 2. The van der Waals surface area contributed by atoms with E-state index in [4.69, 9.17) is 4.42 Å². The summed E-state index contributed by atoms with van der Waals surface area (Å²) in [6.07, 6.45) is 1.84. The number of carbonyl (C=O) groups excluding carboxylic acids is 4. The molecule has 1 aromatic heterocycles. The van der Waals surface area contributed by atoms with Crippen LogP contribution in [0.25, 0.3) is 0 Å². The molecule has 0 saturated carbocycles. The molecule has 0 radical (unpaired) electrons. The Balaban J connectivity index is 1.72. The Labute approximate surface area is 175 Å². The lowest BCUT2D eigenvalue weighted by Gasteiger charge is -2.28. The molecule has 1 aromatic carbocycles. The molecule has 2 heterocycles. The third-order valence-electron chi connectivity index (χ3n) is 4.45. The summed E-state index contributed by atoms with van der Waals surface area (Å²) in [6, 6.07) is 6.63. The Morgan fingerprint density at radius 2 is 1.90 bits per heavy atom. The number of nitro groups is 1. The number of carbonyl (C=O) groups is 4. The van der Waals surface area contributed by atoms with Gasteiger partial charge in [-0.15, -0.1) is 0 Å². The molecular formula is C19H19N5O7. The number of nitrogens with zero attached hydrogens (tertiary/aromatic N) is 3. The maximum absolute atomic E-state index is 12.9. The number of anilines is 1. The van der Waals surface area contributed by atoms with E-state index in [-0.39, 0.29) is 36.6 Å². The summed E-state index contributed by atoms with van der Waals surface area (Å²) in [6.45, 7) is 1.34. The van der Waals surface area contributed by atoms with Crippen LogP contribution in [0.4, 0.5) is 11.4 Å². The van der Waals surface area contributed by atoms with Crippen LogP contribution in [0.5, 0.6) is 0 Å². The van der Waals surface area contributed by atoms with Gasteiger partial charge in [-0.2, -0.15) is 0 Å². The van der Waals surface area contributed by atoms with Crippen LogP contribution < -0.4 is 10.6 Å². The smallest absolute Gasteiger partial charge is 0.293 e. The van der Waals surface area contributed by atoms with Crippen LogP contribution in [0.1, 0.15) is 34.3 Å². The average Bonchev–Trinajstić information content (AvgIpc) is 3.43. The first-order chi connectivity index (χ1) is 14.8. The van der Waals surface area contributed by atoms with E-state index in [2.05, 4.69) is 10.6 Å². The predicted octanol–water partition coefficient (Wildman–Crippen LogP) is 1.17. The highest BCUT2D eigenvalue weighted by Crippen LogP contribution is 2.27. The fourth-order valence-electron chi connectivity index (χ4n) is 3.08. The summed E-state index contributed by atoms with van der Waals surface area (Å²) >= 11 is 0. The van der Waals surface area contributed by atoms with Crippen molar-refractivity contribution in [2.45, 2.75) is 13.3 Å². The second kappa shape index (κ2) is 9.07. The van der Waals surface area contributed by atoms with Crippen molar-refractivity contribution >= 4 is 35.0 Å². The van der Waals surface area contributed by atoms with E-state index in [0.717, 1.165) is 6.07 Å². The van der Waals surface area contributed by atoms with E-state index in [0.29, 0.717) is 6.42 Å². The number of amides is 4. The maximum atomic E-state index is 12.9. The number of hydrogen-bond acceptors (Lipinski definition) is 7. The second-order valence-electron chi connectivity index (χ2n) is 6.63. The van der Waals surface area contributed by atoms with Crippen molar-refractivity contribution in [1.29, 1.82) is 0 Å². The van der Waals surface area contributed by atoms with Crippen LogP contribution in [-0.4, -0.2) is 58.2 Å². The van der Waals surface area contributed by atoms with Gasteiger partial charge in [0.15, 0.2) is 5.76 Å². The summed E-state index contributed by atoms with van der Waals surface area (Å²) in [7, 11) is 0. The standard InChI is InChI=1S/C19H19N5O7/c1-12(25)21-14-6-5-13(10-15(14)24(29)30)19(28)23-8-3-7-22(23)17(26)11-20-18(27)16-4-2-9-31-16/h2,4-6,9-10H,3,7-8,11H2,1H3,(H,20,27)(H,21,25). The Morgan fingerprint density at radius 1 is 1.16 bits per heavy atom. The zero-order valence-electron chi connectivity index (χ0n) is 16.5. The lowest BCUT2D eigenvalue weighted by atomic mass is 10.1. The van der Waals surface area contributed by atoms with E-state index in [1.165, 1.54) is 47.5 Å². The number of rotatable bonds is 6. The molecule has 2 aromatic rings. The molecule has 0 aliphatic carbocycles. The number of benzene rings is 1. The normalized spacial score (nSPS) is 13.1. The lowest BCUT2D eigenvalue weighted by molar-refractivity contribution is -0.384. The molecule has 0 atom stereocenters. The lowest BCUT2D eigenvalue weighted by Crippen LogP contribution is -2.48. The molecule has 12 heteroatoms. The largest absolute Gasteiger partial charge is 0.459 e. The van der Waals surface area contributed by atoms with Crippen molar-refractivity contribution in [3.8, 4) is 0 Å². The maximum Gasteiger partial charge on any atom is 0.293 e. The van der Waals surface area contributed by atoms with Crippen molar-refractivity contribution < 1.29 is 28.5 Å². The van der Waals surface area contributed by atoms with E-state index in [1.807, 2.05) is 0 Å². The molecule has 2 N–H and O–H groups in total. The third-order valence-corrected chi connectivity index (χ3v) is 4.45. The minimum Gasteiger partial charge on any atom is -0.459 e. The summed E-state index contributed by atoms with van der Waals surface area (Å²) in [5.41, 5.74) is -0.493. The van der Waals surface area contributed by atoms with E-state index < -0.39 is 34.2 Å². The highest BCUT2D eigenvalue weighted by atomic mass is 16.6. The topological polar surface area (TPSA) is 155 Å². The molecule has 0 spiro atoms. The van der Waals surface area contributed by atoms with E-state index >= 15 is 0 Å². The molecule has 4 amide bonds. The summed E-state index contributed by atoms with van der Waals surface area (Å²) in [5.74, 6) is -2.14. The SMILES string of the molecule is CC(=O)Nc1ccc(C(=O)N2CCCN2C(=O)CNC(=O)c2ccco2)cc1[N+](=O)[O-]. The van der Waals surface area contributed by atoms with Crippen LogP contribution in [0.2, 0.25) is 0 Å². The first-order valence-corrected chi connectivity index (χ1v) is 9.28. The van der Waals surface area contributed by atoms with E-state index in [9.17, 15) is 29.3 Å². The first kappa shape index (κ1) is 21.5. The van der Waals surface area contributed by atoms with Crippen molar-refractivity contribution in [2.24, 2.45) is 0 Å². The van der Waals surface area contributed by atoms with E-state index in [1.54, 1.807) is 0 Å². The molecular weight excluding hydrogens is 410 g/mol. The van der Waals surface area contributed by atoms with Gasteiger partial charge in [-0.25, -0.2) is 10.0 Å². The van der Waals surface area contributed by atoms with Crippen molar-refractivity contribution in [2.75, 3.05) is 25.0 Å². The molecule has 162 valence electrons. The van der Waals surface area contributed by atoms with Crippen molar-refractivity contribution in [1.82, 2.24) is 15.3 Å². The Bertz CT molecular complexity index is 1030. The van der Waals surface area contributed by atoms with Gasteiger partial charge in [0.05, 0.1) is 17.7 Å². The van der Waals surface area contributed by atoms with Gasteiger partial charge in [-0.05, 0) is 30.7 Å². The highest BCUT2D eigenvalue weighted by Gasteiger charge is 2.32. The van der Waals surface area contributed by atoms with Crippen molar-refractivity contribution in [3.63, 3.8) is 0 Å². The number of hydrazine groups is 1. The van der Waals surface area contributed by atoms with Crippen LogP contribution in [0.15, 0.2) is 41.0 Å². The van der Waals surface area contributed by atoms with Gasteiger partial charge in [-0.1, -0.05) is 0 Å². The fourth-order valence-corrected chi connectivity index (χ4v) is 3.08. The van der Waals surface area contributed by atoms with Gasteiger partial charge in [0.25, 0.3) is 23.4 Å². The third kappa shape index (κ3) is 4.86. The van der Waals surface area contributed by atoms with Gasteiger partial charge < -0.3 is 15.1 Å². The van der Waals surface area contributed by atoms with Crippen LogP contribution in [0.3, 0.4) is 0 Å². The minimum absolute atomic E-state index is 0.0138. The summed E-state index contributed by atoms with van der Waals surface area (Å²) in [5, 5.41) is 18.5. The number of nitro benzene ring substituents is 1. The molecule has 0 unspecified atom stereocenters. The summed E-state index contributed by atoms with van der Waals surface area (Å²) < 4.78 is 4.95. The molecule has 31 heavy (non-hydrogen) atoms. The molecule has 1 fully saturated rings. The molecule has 0 bridgehead atoms. The minimum atomic E-state index is -0.709. The zero-order chi connectivity index (χ0) is 22.5. The second-order valence-corrected chi connectivity index (χ2v) is 6.63. The monoisotopic (exact) mass is 429 g/mol. The van der Waals surface area contributed by atoms with Gasteiger partial charge in [0.2, 0.25) is 5.91 Å². The van der Waals surface area contributed by atoms with Crippen molar-refractivity contribution in [3.05, 3.63) is 58.0 Å². The fraction of sp³-hybridized carbons (Fsp3) is 0.263. The van der Waals surface area contributed by atoms with Crippen LogP contribution in [0, 0.1) is 10.1 Å². The highest BCUT2D eigenvalue weighted by molar-refractivity contribution is 5.99. The molecule has 1 aliphatic heterocycles. The number of furan rings is 1. The molecule has 1 aliphatic rings.